The summed E-state index contributed by atoms with van der Waals surface area (Å²) < 4.78 is 4.30. The van der Waals surface area contributed by atoms with Crippen LogP contribution in [0.3, 0.4) is 0 Å². The van der Waals surface area contributed by atoms with Gasteiger partial charge in [0.25, 0.3) is 0 Å². The standard InChI is InChI=1S/C7H6ClN3O4/c1-15-7(12)10-6-2-4(8)5(3-9-6)11(13)14/h2-3H,1H3,(H,9,10,12). The summed E-state index contributed by atoms with van der Waals surface area (Å²) in [6.07, 6.45) is 0.223. The lowest BCUT2D eigenvalue weighted by molar-refractivity contribution is -0.385. The zero-order valence-corrected chi connectivity index (χ0v) is 8.32. The first-order chi connectivity index (χ1) is 7.04. The van der Waals surface area contributed by atoms with E-state index in [9.17, 15) is 14.9 Å². The van der Waals surface area contributed by atoms with Crippen LogP contribution in [0.15, 0.2) is 12.3 Å². The van der Waals surface area contributed by atoms with Crippen molar-refractivity contribution >= 4 is 29.2 Å². The highest BCUT2D eigenvalue weighted by Gasteiger charge is 2.14. The van der Waals surface area contributed by atoms with Gasteiger partial charge in [-0.15, -0.1) is 0 Å². The summed E-state index contributed by atoms with van der Waals surface area (Å²) in [7, 11) is 1.18. The van der Waals surface area contributed by atoms with Crippen molar-refractivity contribution in [2.45, 2.75) is 0 Å². The number of carbonyl (C=O) groups excluding carboxylic acids is 1. The zero-order valence-electron chi connectivity index (χ0n) is 7.56. The van der Waals surface area contributed by atoms with Gasteiger partial charge < -0.3 is 4.74 Å². The van der Waals surface area contributed by atoms with E-state index in [1.807, 2.05) is 0 Å². The summed E-state index contributed by atoms with van der Waals surface area (Å²) in [6.45, 7) is 0. The van der Waals surface area contributed by atoms with Gasteiger partial charge in [-0.3, -0.25) is 15.4 Å². The number of nitrogens with one attached hydrogen (secondary N) is 1. The van der Waals surface area contributed by atoms with Crippen molar-refractivity contribution in [2.24, 2.45) is 0 Å². The van der Waals surface area contributed by atoms with Crippen LogP contribution in [0.2, 0.25) is 5.02 Å². The van der Waals surface area contributed by atoms with E-state index in [1.165, 1.54) is 7.11 Å². The number of nitro groups is 1. The van der Waals surface area contributed by atoms with Gasteiger partial charge in [-0.25, -0.2) is 9.78 Å². The minimum absolute atomic E-state index is 0.0810. The van der Waals surface area contributed by atoms with Gasteiger partial charge in [0.1, 0.15) is 17.0 Å². The molecule has 1 rings (SSSR count). The second-order valence-electron chi connectivity index (χ2n) is 2.39. The molecule has 80 valence electrons. The van der Waals surface area contributed by atoms with Crippen LogP contribution < -0.4 is 5.32 Å². The van der Waals surface area contributed by atoms with Crippen LogP contribution >= 0.6 is 11.6 Å². The molecule has 0 aromatic carbocycles. The molecule has 0 unspecified atom stereocenters. The average molecular weight is 232 g/mol. The monoisotopic (exact) mass is 231 g/mol. The fraction of sp³-hybridized carbons (Fsp3) is 0.143. The van der Waals surface area contributed by atoms with Crippen molar-refractivity contribution < 1.29 is 14.5 Å². The molecule has 0 fully saturated rings. The van der Waals surface area contributed by atoms with E-state index in [1.54, 1.807) is 0 Å². The Balaban J connectivity index is 2.91. The van der Waals surface area contributed by atoms with E-state index < -0.39 is 11.0 Å². The first kappa shape index (κ1) is 11.2. The molecule has 1 amide bonds. The Bertz CT molecular complexity index is 409. The molecule has 0 aliphatic carbocycles. The molecule has 0 bridgehead atoms. The van der Waals surface area contributed by atoms with E-state index in [-0.39, 0.29) is 16.5 Å². The summed E-state index contributed by atoms with van der Waals surface area (Å²) in [4.78, 5) is 24.1. The number of carbonyl (C=O) groups is 1. The Morgan fingerprint density at radius 1 is 1.73 bits per heavy atom. The van der Waals surface area contributed by atoms with Gasteiger partial charge in [-0.05, 0) is 0 Å². The van der Waals surface area contributed by atoms with E-state index in [0.29, 0.717) is 0 Å². The van der Waals surface area contributed by atoms with E-state index in [2.05, 4.69) is 15.0 Å². The lowest BCUT2D eigenvalue weighted by Crippen LogP contribution is -2.12. The molecular weight excluding hydrogens is 226 g/mol. The molecule has 0 atom stereocenters. The number of anilines is 1. The lowest BCUT2D eigenvalue weighted by atomic mass is 10.4. The summed E-state index contributed by atoms with van der Waals surface area (Å²) in [5.41, 5.74) is -0.327. The van der Waals surface area contributed by atoms with Crippen molar-refractivity contribution in [1.29, 1.82) is 0 Å². The normalized spacial score (nSPS) is 9.47. The first-order valence-electron chi connectivity index (χ1n) is 3.69. The highest BCUT2D eigenvalue weighted by molar-refractivity contribution is 6.32. The number of methoxy groups -OCH3 is 1. The highest BCUT2D eigenvalue weighted by atomic mass is 35.5. The number of amides is 1. The Hall–Kier alpha value is -1.89. The number of hydrogen-bond acceptors (Lipinski definition) is 5. The fourth-order valence-electron chi connectivity index (χ4n) is 0.782. The largest absolute Gasteiger partial charge is 0.453 e. The molecule has 8 heteroatoms. The van der Waals surface area contributed by atoms with Gasteiger partial charge in [-0.1, -0.05) is 11.6 Å². The first-order valence-corrected chi connectivity index (χ1v) is 4.07. The summed E-state index contributed by atoms with van der Waals surface area (Å²) in [6, 6.07) is 1.16. The van der Waals surface area contributed by atoms with Crippen LogP contribution in [0.25, 0.3) is 0 Å². The topological polar surface area (TPSA) is 94.4 Å². The molecule has 7 nitrogen and oxygen atoms in total. The average Bonchev–Trinajstić information content (AvgIpc) is 2.17. The Morgan fingerprint density at radius 2 is 2.40 bits per heavy atom. The maximum atomic E-state index is 10.8. The molecule has 0 aliphatic heterocycles. The van der Waals surface area contributed by atoms with Gasteiger partial charge in [0.2, 0.25) is 0 Å². The van der Waals surface area contributed by atoms with Crippen LogP contribution in [0.4, 0.5) is 16.3 Å². The molecule has 0 radical (unpaired) electrons. The lowest BCUT2D eigenvalue weighted by Gasteiger charge is -2.02. The van der Waals surface area contributed by atoms with Crippen LogP contribution in [-0.2, 0) is 4.74 Å². The molecule has 1 aromatic rings. The molecule has 0 saturated heterocycles. The molecule has 0 aliphatic rings. The van der Waals surface area contributed by atoms with Crippen LogP contribution in [0.1, 0.15) is 0 Å². The van der Waals surface area contributed by atoms with E-state index in [4.69, 9.17) is 11.6 Å². The number of nitrogens with zero attached hydrogens (tertiary/aromatic N) is 2. The van der Waals surface area contributed by atoms with Crippen LogP contribution in [0, 0.1) is 10.1 Å². The summed E-state index contributed by atoms with van der Waals surface area (Å²) in [5.74, 6) is 0.0810. The zero-order chi connectivity index (χ0) is 11.4. The smallest absolute Gasteiger partial charge is 0.412 e. The Kier molecular flexibility index (Phi) is 3.40. The molecule has 0 saturated carbocycles. The fourth-order valence-corrected chi connectivity index (χ4v) is 1.00. The van der Waals surface area contributed by atoms with Crippen molar-refractivity contribution in [3.05, 3.63) is 27.4 Å². The third-order valence-electron chi connectivity index (χ3n) is 1.45. The second kappa shape index (κ2) is 4.56. The molecule has 15 heavy (non-hydrogen) atoms. The molecule has 1 heterocycles. The molecule has 1 aromatic heterocycles. The SMILES string of the molecule is COC(=O)Nc1cc(Cl)c([N+](=O)[O-])cn1. The van der Waals surface area contributed by atoms with Crippen molar-refractivity contribution in [1.82, 2.24) is 4.98 Å². The third-order valence-corrected chi connectivity index (χ3v) is 1.75. The second-order valence-corrected chi connectivity index (χ2v) is 2.80. The number of hydrogen-bond donors (Lipinski definition) is 1. The van der Waals surface area contributed by atoms with E-state index in [0.717, 1.165) is 12.3 Å². The van der Waals surface area contributed by atoms with Crippen molar-refractivity contribution in [2.75, 3.05) is 12.4 Å². The highest BCUT2D eigenvalue weighted by Crippen LogP contribution is 2.24. The minimum atomic E-state index is -0.729. The third kappa shape index (κ3) is 2.78. The quantitative estimate of drug-likeness (QED) is 0.619. The number of ether oxygens (including phenoxy) is 1. The van der Waals surface area contributed by atoms with Crippen molar-refractivity contribution in [3.63, 3.8) is 0 Å². The van der Waals surface area contributed by atoms with Gasteiger partial charge in [0.05, 0.1) is 12.0 Å². The number of halogens is 1. The predicted octanol–water partition coefficient (Wildman–Crippen LogP) is 1.82. The number of aromatic nitrogens is 1. The van der Waals surface area contributed by atoms with Gasteiger partial charge >= 0.3 is 11.8 Å². The van der Waals surface area contributed by atoms with Gasteiger partial charge in [0.15, 0.2) is 0 Å². The van der Waals surface area contributed by atoms with Crippen LogP contribution in [0.5, 0.6) is 0 Å². The summed E-state index contributed by atoms with van der Waals surface area (Å²) >= 11 is 5.58. The van der Waals surface area contributed by atoms with Gasteiger partial charge in [0, 0.05) is 6.07 Å². The minimum Gasteiger partial charge on any atom is -0.453 e. The molecular formula is C7H6ClN3O4. The predicted molar refractivity (Wildman–Crippen MR) is 51.9 cm³/mol. The molecule has 1 N–H and O–H groups in total. The Labute approximate surface area is 89.2 Å². The summed E-state index contributed by atoms with van der Waals surface area (Å²) in [5, 5.41) is 12.5. The van der Waals surface area contributed by atoms with Crippen LogP contribution in [-0.4, -0.2) is 23.1 Å². The number of rotatable bonds is 2. The van der Waals surface area contributed by atoms with Crippen molar-refractivity contribution in [3.8, 4) is 0 Å². The van der Waals surface area contributed by atoms with E-state index >= 15 is 0 Å². The number of pyridine rings is 1. The van der Waals surface area contributed by atoms with Gasteiger partial charge in [-0.2, -0.15) is 0 Å². The maximum absolute atomic E-state index is 10.8. The molecule has 0 spiro atoms. The Morgan fingerprint density at radius 3 is 2.87 bits per heavy atom. The maximum Gasteiger partial charge on any atom is 0.412 e.